The number of piperidine rings is 2. The molecule has 2 aliphatic heterocycles. The van der Waals surface area contributed by atoms with E-state index >= 15 is 0 Å². The Morgan fingerprint density at radius 1 is 1.32 bits per heavy atom. The summed E-state index contributed by atoms with van der Waals surface area (Å²) in [5.41, 5.74) is 0. The summed E-state index contributed by atoms with van der Waals surface area (Å²) in [5.74, 6) is 0.658. The smallest absolute Gasteiger partial charge is 0.255 e. The number of hydrogen-bond acceptors (Lipinski definition) is 5. The van der Waals surface area contributed by atoms with Gasteiger partial charge in [0, 0.05) is 12.6 Å². The van der Waals surface area contributed by atoms with Crippen LogP contribution in [-0.2, 0) is 0 Å². The maximum Gasteiger partial charge on any atom is 0.255 e. The van der Waals surface area contributed by atoms with Gasteiger partial charge < -0.3 is 15.0 Å². The van der Waals surface area contributed by atoms with Gasteiger partial charge in [0.25, 0.3) is 5.88 Å². The number of fused-ring (bicyclic) bond motifs is 1. The Balaban J connectivity index is 1.52. The van der Waals surface area contributed by atoms with Gasteiger partial charge in [-0.05, 0) is 51.1 Å². The van der Waals surface area contributed by atoms with Gasteiger partial charge in [-0.15, -0.1) is 0 Å². The third-order valence-corrected chi connectivity index (χ3v) is 4.93. The van der Waals surface area contributed by atoms with Gasteiger partial charge in [0.05, 0.1) is 13.3 Å². The van der Waals surface area contributed by atoms with Crippen molar-refractivity contribution in [3.05, 3.63) is 12.0 Å². The number of anilines is 1. The van der Waals surface area contributed by atoms with Crippen LogP contribution in [0.25, 0.3) is 0 Å². The van der Waals surface area contributed by atoms with E-state index in [0.717, 1.165) is 31.1 Å². The van der Waals surface area contributed by atoms with Crippen LogP contribution >= 0.6 is 0 Å². The van der Waals surface area contributed by atoms with Crippen molar-refractivity contribution in [2.75, 3.05) is 32.1 Å². The van der Waals surface area contributed by atoms with Gasteiger partial charge in [-0.2, -0.15) is 9.37 Å². The number of methoxy groups -OCH3 is 1. The molecule has 3 heterocycles. The van der Waals surface area contributed by atoms with Crippen LogP contribution in [0.3, 0.4) is 0 Å². The molecule has 2 atom stereocenters. The Labute approximate surface area is 131 Å². The normalized spacial score (nSPS) is 25.5. The maximum absolute atomic E-state index is 13.3. The second-order valence-corrected chi connectivity index (χ2v) is 6.27. The molecule has 2 fully saturated rings. The molecule has 0 spiro atoms. The minimum atomic E-state index is -0.529. The number of halogens is 1. The summed E-state index contributed by atoms with van der Waals surface area (Å²) < 4.78 is 18.2. The van der Waals surface area contributed by atoms with Crippen molar-refractivity contribution in [2.45, 2.75) is 44.6 Å². The van der Waals surface area contributed by atoms with Gasteiger partial charge in [0.15, 0.2) is 0 Å². The van der Waals surface area contributed by atoms with Crippen LogP contribution in [0.1, 0.15) is 38.5 Å². The predicted molar refractivity (Wildman–Crippen MR) is 83.6 cm³/mol. The molecule has 0 unspecified atom stereocenters. The van der Waals surface area contributed by atoms with E-state index in [1.165, 1.54) is 52.3 Å². The lowest BCUT2D eigenvalue weighted by Gasteiger charge is -2.44. The summed E-state index contributed by atoms with van der Waals surface area (Å²) in [6.45, 7) is 3.36. The number of nitrogens with zero attached hydrogens (tertiary/aromatic N) is 3. The lowest BCUT2D eigenvalue weighted by molar-refractivity contribution is 0.0573. The molecule has 0 bridgehead atoms. The Morgan fingerprint density at radius 2 is 2.18 bits per heavy atom. The first kappa shape index (κ1) is 15.5. The first-order chi connectivity index (χ1) is 10.8. The molecule has 2 saturated heterocycles. The third kappa shape index (κ3) is 3.48. The van der Waals surface area contributed by atoms with E-state index in [4.69, 9.17) is 4.74 Å². The predicted octanol–water partition coefficient (Wildman–Crippen LogP) is 2.69. The van der Waals surface area contributed by atoms with Crippen molar-refractivity contribution in [3.8, 4) is 5.88 Å². The number of ether oxygens (including phenoxy) is 1. The Kier molecular flexibility index (Phi) is 5.08. The highest BCUT2D eigenvalue weighted by Gasteiger charge is 2.32. The van der Waals surface area contributed by atoms with Gasteiger partial charge in [-0.1, -0.05) is 6.42 Å². The molecule has 0 aromatic carbocycles. The molecule has 22 heavy (non-hydrogen) atoms. The molecule has 3 rings (SSSR count). The van der Waals surface area contributed by atoms with Crippen LogP contribution in [0, 0.1) is 11.7 Å². The minimum absolute atomic E-state index is 0.00591. The van der Waals surface area contributed by atoms with Gasteiger partial charge in [-0.25, -0.2) is 4.98 Å². The monoisotopic (exact) mass is 308 g/mol. The number of nitrogens with one attached hydrogen (secondary N) is 1. The fourth-order valence-corrected chi connectivity index (χ4v) is 3.86. The van der Waals surface area contributed by atoms with Crippen molar-refractivity contribution >= 4 is 5.95 Å². The highest BCUT2D eigenvalue weighted by molar-refractivity contribution is 5.28. The largest absolute Gasteiger partial charge is 0.479 e. The van der Waals surface area contributed by atoms with Crippen molar-refractivity contribution in [2.24, 2.45) is 5.92 Å². The van der Waals surface area contributed by atoms with Crippen LogP contribution in [0.4, 0.5) is 10.3 Å². The highest BCUT2D eigenvalue weighted by Crippen LogP contribution is 2.32. The molecule has 1 aromatic rings. The average molecular weight is 308 g/mol. The number of aromatic nitrogens is 2. The molecule has 1 aromatic heterocycles. The molecule has 0 amide bonds. The summed E-state index contributed by atoms with van der Waals surface area (Å²) >= 11 is 0. The number of hydrogen-bond donors (Lipinski definition) is 1. The summed E-state index contributed by atoms with van der Waals surface area (Å²) in [4.78, 5) is 10.7. The Hall–Kier alpha value is -1.43. The summed E-state index contributed by atoms with van der Waals surface area (Å²) in [6.07, 6.45) is 8.94. The molecular formula is C16H25FN4O. The average Bonchev–Trinajstić information content (AvgIpc) is 2.56. The molecule has 2 aliphatic rings. The van der Waals surface area contributed by atoms with E-state index in [-0.39, 0.29) is 5.88 Å². The zero-order valence-corrected chi connectivity index (χ0v) is 13.2. The van der Waals surface area contributed by atoms with Crippen molar-refractivity contribution < 1.29 is 9.13 Å². The highest BCUT2D eigenvalue weighted by atomic mass is 19.1. The van der Waals surface area contributed by atoms with Gasteiger partial charge >= 0.3 is 0 Å². The lowest BCUT2D eigenvalue weighted by Crippen LogP contribution is -2.48. The topological polar surface area (TPSA) is 50.3 Å². The summed E-state index contributed by atoms with van der Waals surface area (Å²) in [5, 5.41) is 3.20. The second-order valence-electron chi connectivity index (χ2n) is 6.27. The zero-order chi connectivity index (χ0) is 15.4. The van der Waals surface area contributed by atoms with E-state index in [1.807, 2.05) is 0 Å². The maximum atomic E-state index is 13.3. The van der Waals surface area contributed by atoms with Crippen LogP contribution < -0.4 is 10.1 Å². The standard InChI is InChI=1S/C16H25FN4O/c1-22-15-13(17)11-19-16(20-15)18-8-7-12-5-4-10-21-9-3-2-6-14(12)21/h11-12,14H,2-10H2,1H3,(H,18,19,20)/t12-,14+/m0/s1. The second kappa shape index (κ2) is 7.22. The van der Waals surface area contributed by atoms with Crippen LogP contribution in [0.15, 0.2) is 6.20 Å². The van der Waals surface area contributed by atoms with Crippen LogP contribution in [-0.4, -0.2) is 47.7 Å². The van der Waals surface area contributed by atoms with E-state index in [9.17, 15) is 4.39 Å². The Bertz CT molecular complexity index is 497. The van der Waals surface area contributed by atoms with Gasteiger partial charge in [0.2, 0.25) is 11.8 Å². The molecule has 1 N–H and O–H groups in total. The molecule has 0 saturated carbocycles. The lowest BCUT2D eigenvalue weighted by atomic mass is 9.82. The third-order valence-electron chi connectivity index (χ3n) is 4.93. The van der Waals surface area contributed by atoms with Crippen LogP contribution in [0.2, 0.25) is 0 Å². The quantitative estimate of drug-likeness (QED) is 0.906. The first-order valence-electron chi connectivity index (χ1n) is 8.32. The van der Waals surface area contributed by atoms with Crippen LogP contribution in [0.5, 0.6) is 5.88 Å². The molecule has 122 valence electrons. The van der Waals surface area contributed by atoms with E-state index in [0.29, 0.717) is 5.95 Å². The summed E-state index contributed by atoms with van der Waals surface area (Å²) in [7, 11) is 1.41. The van der Waals surface area contributed by atoms with E-state index < -0.39 is 5.82 Å². The minimum Gasteiger partial charge on any atom is -0.479 e. The van der Waals surface area contributed by atoms with Crippen molar-refractivity contribution in [1.82, 2.24) is 14.9 Å². The molecule has 0 aliphatic carbocycles. The van der Waals surface area contributed by atoms with Crippen molar-refractivity contribution in [3.63, 3.8) is 0 Å². The van der Waals surface area contributed by atoms with Gasteiger partial charge in [-0.3, -0.25) is 0 Å². The summed E-state index contributed by atoms with van der Waals surface area (Å²) in [6, 6.07) is 0.757. The molecule has 5 nitrogen and oxygen atoms in total. The van der Waals surface area contributed by atoms with Crippen molar-refractivity contribution in [1.29, 1.82) is 0 Å². The fourth-order valence-electron chi connectivity index (χ4n) is 3.86. The fraction of sp³-hybridized carbons (Fsp3) is 0.750. The number of rotatable bonds is 5. The van der Waals surface area contributed by atoms with Gasteiger partial charge in [0.1, 0.15) is 0 Å². The molecular weight excluding hydrogens is 283 g/mol. The first-order valence-corrected chi connectivity index (χ1v) is 8.32. The molecule has 0 radical (unpaired) electrons. The van der Waals surface area contributed by atoms with E-state index in [2.05, 4.69) is 20.2 Å². The Morgan fingerprint density at radius 3 is 3.05 bits per heavy atom. The molecule has 6 heteroatoms. The zero-order valence-electron chi connectivity index (χ0n) is 13.2. The SMILES string of the molecule is COc1nc(NCC[C@@H]2CCCN3CCCC[C@H]23)ncc1F. The van der Waals surface area contributed by atoms with E-state index in [1.54, 1.807) is 0 Å².